The van der Waals surface area contributed by atoms with Crippen molar-refractivity contribution >= 4 is 34.2 Å². The number of fused-ring (bicyclic) bond motifs is 3. The predicted octanol–water partition coefficient (Wildman–Crippen LogP) is 3.94. The van der Waals surface area contributed by atoms with E-state index in [0.717, 1.165) is 27.9 Å². The summed E-state index contributed by atoms with van der Waals surface area (Å²) in [4.78, 5) is 14.6. The summed E-state index contributed by atoms with van der Waals surface area (Å²) in [7, 11) is 1.65. The van der Waals surface area contributed by atoms with E-state index in [2.05, 4.69) is 17.1 Å². The van der Waals surface area contributed by atoms with E-state index in [4.69, 9.17) is 4.74 Å². The van der Waals surface area contributed by atoms with Crippen LogP contribution >= 0.6 is 11.8 Å². The highest BCUT2D eigenvalue weighted by molar-refractivity contribution is 7.99. The molecule has 7 heteroatoms. The van der Waals surface area contributed by atoms with E-state index in [1.807, 2.05) is 61.3 Å². The van der Waals surface area contributed by atoms with E-state index >= 15 is 0 Å². The first kappa shape index (κ1) is 19.5. The lowest BCUT2D eigenvalue weighted by atomic mass is 10.1. The van der Waals surface area contributed by atoms with Gasteiger partial charge in [-0.3, -0.25) is 9.20 Å². The second-order valence-corrected chi connectivity index (χ2v) is 8.11. The molecule has 1 aromatic carbocycles. The SMILES string of the molecule is COc1ccc2c(C)cc3nnc(SCC(=O)N(C(C)C)C(C)C)n3c2c1. The number of aryl methyl sites for hydroxylation is 1. The van der Waals surface area contributed by atoms with E-state index in [9.17, 15) is 4.79 Å². The van der Waals surface area contributed by atoms with Crippen molar-refractivity contribution in [3.05, 3.63) is 29.8 Å². The summed E-state index contributed by atoms with van der Waals surface area (Å²) < 4.78 is 7.39. The van der Waals surface area contributed by atoms with Gasteiger partial charge >= 0.3 is 0 Å². The van der Waals surface area contributed by atoms with Crippen molar-refractivity contribution in [2.24, 2.45) is 0 Å². The number of thioether (sulfide) groups is 1. The van der Waals surface area contributed by atoms with Gasteiger partial charge in [-0.25, -0.2) is 0 Å². The molecule has 0 fully saturated rings. The Labute approximate surface area is 163 Å². The Balaban J connectivity index is 1.98. The van der Waals surface area contributed by atoms with Gasteiger partial charge < -0.3 is 9.64 Å². The average Bonchev–Trinajstić information content (AvgIpc) is 3.01. The van der Waals surface area contributed by atoms with E-state index in [1.54, 1.807) is 7.11 Å². The molecule has 1 amide bonds. The Morgan fingerprint density at radius 3 is 2.52 bits per heavy atom. The molecule has 144 valence electrons. The monoisotopic (exact) mass is 386 g/mol. The fourth-order valence-corrected chi connectivity index (χ4v) is 4.32. The fraction of sp³-hybridized carbons (Fsp3) is 0.450. The molecule has 0 bridgehead atoms. The maximum atomic E-state index is 12.7. The number of aromatic nitrogens is 3. The summed E-state index contributed by atoms with van der Waals surface area (Å²) in [5.74, 6) is 1.22. The van der Waals surface area contributed by atoms with Crippen LogP contribution in [0.2, 0.25) is 0 Å². The molecule has 0 aliphatic heterocycles. The van der Waals surface area contributed by atoms with Crippen LogP contribution in [-0.4, -0.2) is 50.4 Å². The van der Waals surface area contributed by atoms with Crippen molar-refractivity contribution in [2.75, 3.05) is 12.9 Å². The lowest BCUT2D eigenvalue weighted by Gasteiger charge is -2.30. The zero-order chi connectivity index (χ0) is 19.7. The van der Waals surface area contributed by atoms with Crippen LogP contribution in [0.3, 0.4) is 0 Å². The van der Waals surface area contributed by atoms with Crippen LogP contribution in [0.4, 0.5) is 0 Å². The zero-order valence-electron chi connectivity index (χ0n) is 16.7. The van der Waals surface area contributed by atoms with Crippen LogP contribution in [0.5, 0.6) is 5.75 Å². The second kappa shape index (κ2) is 7.76. The normalized spacial score (nSPS) is 11.7. The summed E-state index contributed by atoms with van der Waals surface area (Å²) in [5, 5.41) is 10.5. The van der Waals surface area contributed by atoms with Gasteiger partial charge in [-0.2, -0.15) is 0 Å². The number of hydrogen-bond acceptors (Lipinski definition) is 5. The van der Waals surface area contributed by atoms with E-state index in [-0.39, 0.29) is 18.0 Å². The van der Waals surface area contributed by atoms with Crippen molar-refractivity contribution in [1.82, 2.24) is 19.5 Å². The molecule has 6 nitrogen and oxygen atoms in total. The number of methoxy groups -OCH3 is 1. The number of carbonyl (C=O) groups excluding carboxylic acids is 1. The molecule has 0 unspecified atom stereocenters. The number of pyridine rings is 1. The van der Waals surface area contributed by atoms with E-state index in [1.165, 1.54) is 11.8 Å². The maximum absolute atomic E-state index is 12.7. The first-order valence-corrected chi connectivity index (χ1v) is 10.1. The number of ether oxygens (including phenoxy) is 1. The van der Waals surface area contributed by atoms with Gasteiger partial charge in [0.25, 0.3) is 0 Å². The van der Waals surface area contributed by atoms with Gasteiger partial charge in [-0.1, -0.05) is 11.8 Å². The molecule has 0 aliphatic rings. The van der Waals surface area contributed by atoms with Crippen molar-refractivity contribution in [1.29, 1.82) is 0 Å². The predicted molar refractivity (Wildman–Crippen MR) is 110 cm³/mol. The molecule has 0 aliphatic carbocycles. The van der Waals surface area contributed by atoms with E-state index in [0.29, 0.717) is 10.9 Å². The van der Waals surface area contributed by atoms with Gasteiger partial charge in [0.15, 0.2) is 10.8 Å². The van der Waals surface area contributed by atoms with E-state index < -0.39 is 0 Å². The van der Waals surface area contributed by atoms with Crippen LogP contribution < -0.4 is 4.74 Å². The summed E-state index contributed by atoms with van der Waals surface area (Å²) in [5.41, 5.74) is 2.88. The minimum absolute atomic E-state index is 0.107. The van der Waals surface area contributed by atoms with Crippen LogP contribution in [0.1, 0.15) is 33.3 Å². The van der Waals surface area contributed by atoms with Crippen molar-refractivity contribution in [3.8, 4) is 5.75 Å². The van der Waals surface area contributed by atoms with Gasteiger partial charge in [0.1, 0.15) is 5.75 Å². The Morgan fingerprint density at radius 1 is 1.19 bits per heavy atom. The quantitative estimate of drug-likeness (QED) is 0.601. The topological polar surface area (TPSA) is 59.7 Å². The largest absolute Gasteiger partial charge is 0.497 e. The van der Waals surface area contributed by atoms with Gasteiger partial charge in [-0.15, -0.1) is 10.2 Å². The maximum Gasteiger partial charge on any atom is 0.233 e. The highest BCUT2D eigenvalue weighted by Gasteiger charge is 2.21. The molecule has 0 saturated heterocycles. The molecule has 27 heavy (non-hydrogen) atoms. The number of rotatable bonds is 6. The van der Waals surface area contributed by atoms with Gasteiger partial charge in [0.2, 0.25) is 5.91 Å². The number of nitrogens with zero attached hydrogens (tertiary/aromatic N) is 4. The van der Waals surface area contributed by atoms with Crippen LogP contribution in [0.15, 0.2) is 29.4 Å². The van der Waals surface area contributed by atoms with Crippen molar-refractivity contribution in [3.63, 3.8) is 0 Å². The number of amides is 1. The van der Waals surface area contributed by atoms with Crippen LogP contribution in [-0.2, 0) is 4.79 Å². The highest BCUT2D eigenvalue weighted by Crippen LogP contribution is 2.28. The molecule has 0 N–H and O–H groups in total. The molecule has 0 radical (unpaired) electrons. The summed E-state index contributed by atoms with van der Waals surface area (Å²) in [6.45, 7) is 10.2. The fourth-order valence-electron chi connectivity index (χ4n) is 3.50. The minimum atomic E-state index is 0.107. The average molecular weight is 387 g/mol. The first-order valence-electron chi connectivity index (χ1n) is 9.10. The van der Waals surface area contributed by atoms with Crippen molar-refractivity contribution < 1.29 is 9.53 Å². The van der Waals surface area contributed by atoms with Crippen molar-refractivity contribution in [2.45, 2.75) is 51.9 Å². The lowest BCUT2D eigenvalue weighted by molar-refractivity contribution is -0.131. The standard InChI is InChI=1S/C20H26N4O2S/c1-12(2)23(13(3)4)19(25)11-27-20-22-21-18-9-14(5)16-8-7-15(26-6)10-17(16)24(18)20/h7-10,12-13H,11H2,1-6H3. The molecule has 0 atom stereocenters. The zero-order valence-corrected chi connectivity index (χ0v) is 17.5. The summed E-state index contributed by atoms with van der Waals surface area (Å²) >= 11 is 1.42. The Kier molecular flexibility index (Phi) is 5.60. The molecule has 2 aromatic heterocycles. The third kappa shape index (κ3) is 3.74. The summed E-state index contributed by atoms with van der Waals surface area (Å²) in [6, 6.07) is 8.33. The minimum Gasteiger partial charge on any atom is -0.497 e. The number of hydrogen-bond donors (Lipinski definition) is 0. The molecule has 0 spiro atoms. The molecule has 2 heterocycles. The first-order chi connectivity index (χ1) is 12.8. The molecule has 0 saturated carbocycles. The molecule has 3 rings (SSSR count). The van der Waals surface area contributed by atoms with Crippen LogP contribution in [0, 0.1) is 6.92 Å². The third-order valence-corrected chi connectivity index (χ3v) is 5.51. The Hall–Kier alpha value is -2.28. The smallest absolute Gasteiger partial charge is 0.233 e. The second-order valence-electron chi connectivity index (χ2n) is 7.16. The molecular formula is C20H26N4O2S. The number of carbonyl (C=O) groups is 1. The third-order valence-electron chi connectivity index (χ3n) is 4.60. The highest BCUT2D eigenvalue weighted by atomic mass is 32.2. The lowest BCUT2D eigenvalue weighted by Crippen LogP contribution is -2.43. The van der Waals surface area contributed by atoms with Crippen LogP contribution in [0.25, 0.3) is 16.6 Å². The molecule has 3 aromatic rings. The Bertz CT molecular complexity index is 973. The van der Waals surface area contributed by atoms with Gasteiger partial charge in [0, 0.05) is 23.5 Å². The van der Waals surface area contributed by atoms with Gasteiger partial charge in [0.05, 0.1) is 18.4 Å². The summed E-state index contributed by atoms with van der Waals surface area (Å²) in [6.07, 6.45) is 0. The Morgan fingerprint density at radius 2 is 1.89 bits per heavy atom. The number of benzene rings is 1. The molecular weight excluding hydrogens is 360 g/mol. The van der Waals surface area contributed by atoms with Gasteiger partial charge in [-0.05, 0) is 58.4 Å².